The summed E-state index contributed by atoms with van der Waals surface area (Å²) < 4.78 is 39.7. The van der Waals surface area contributed by atoms with Crippen LogP contribution in [0.15, 0.2) is 88.7 Å². The Morgan fingerprint density at radius 3 is 2.59 bits per heavy atom. The summed E-state index contributed by atoms with van der Waals surface area (Å²) in [6, 6.07) is 18.5. The first-order valence-electron chi connectivity index (χ1n) is 11.0. The predicted octanol–water partition coefficient (Wildman–Crippen LogP) is 6.26. The highest BCUT2D eigenvalue weighted by Crippen LogP contribution is 2.42. The molecule has 0 N–H and O–H groups in total. The van der Waals surface area contributed by atoms with Crippen molar-refractivity contribution in [2.45, 2.75) is 11.8 Å². The molecule has 2 heterocycles. The Hall–Kier alpha value is -4.39. The average Bonchev–Trinajstić information content (AvgIpc) is 3.44. The van der Waals surface area contributed by atoms with Gasteiger partial charge in [0.25, 0.3) is 10.0 Å². The maximum Gasteiger partial charge on any atom is 0.270 e. The Morgan fingerprint density at radius 2 is 1.89 bits per heavy atom. The van der Waals surface area contributed by atoms with Crippen molar-refractivity contribution in [1.29, 1.82) is 5.26 Å². The number of hydrogen-bond acceptors (Lipinski definition) is 7. The number of aromatic nitrogens is 2. The number of nitriles is 1. The van der Waals surface area contributed by atoms with Gasteiger partial charge in [-0.1, -0.05) is 28.9 Å². The van der Waals surface area contributed by atoms with Gasteiger partial charge in [-0.2, -0.15) is 5.26 Å². The van der Waals surface area contributed by atoms with E-state index in [9.17, 15) is 13.7 Å². The van der Waals surface area contributed by atoms with E-state index in [1.54, 1.807) is 48.8 Å². The van der Waals surface area contributed by atoms with E-state index in [-0.39, 0.29) is 27.7 Å². The van der Waals surface area contributed by atoms with Crippen LogP contribution in [0.4, 0.5) is 11.5 Å². The van der Waals surface area contributed by atoms with E-state index >= 15 is 0 Å². The first-order chi connectivity index (χ1) is 17.8. The minimum Gasteiger partial charge on any atom is -0.495 e. The van der Waals surface area contributed by atoms with Crippen molar-refractivity contribution >= 4 is 43.9 Å². The molecule has 0 amide bonds. The van der Waals surface area contributed by atoms with Crippen molar-refractivity contribution in [3.63, 3.8) is 0 Å². The zero-order valence-electron chi connectivity index (χ0n) is 19.7. The summed E-state index contributed by atoms with van der Waals surface area (Å²) in [7, 11) is -2.80. The summed E-state index contributed by atoms with van der Waals surface area (Å²) in [6.07, 6.45) is 4.51. The van der Waals surface area contributed by atoms with Crippen LogP contribution in [0.1, 0.15) is 11.1 Å². The quantitative estimate of drug-likeness (QED) is 0.255. The van der Waals surface area contributed by atoms with Gasteiger partial charge in [0.05, 0.1) is 23.6 Å². The number of ether oxygens (including phenoxy) is 1. The van der Waals surface area contributed by atoms with Crippen molar-refractivity contribution in [2.24, 2.45) is 0 Å². The molecule has 3 aromatic carbocycles. The summed E-state index contributed by atoms with van der Waals surface area (Å²) in [5.41, 5.74) is 2.49. The lowest BCUT2D eigenvalue weighted by atomic mass is 9.97. The first kappa shape index (κ1) is 24.3. The van der Waals surface area contributed by atoms with Gasteiger partial charge in [0.15, 0.2) is 5.82 Å². The number of fused-ring (bicyclic) bond motifs is 1. The Balaban J connectivity index is 1.73. The van der Waals surface area contributed by atoms with Crippen molar-refractivity contribution < 1.29 is 17.7 Å². The second-order valence-corrected chi connectivity index (χ2v) is 10.4. The van der Waals surface area contributed by atoms with Crippen LogP contribution in [0, 0.1) is 18.3 Å². The number of halogens is 1. The lowest BCUT2D eigenvalue weighted by molar-refractivity contribution is 0.414. The molecule has 2 aromatic heterocycles. The van der Waals surface area contributed by atoms with E-state index in [4.69, 9.17) is 20.9 Å². The van der Waals surface area contributed by atoms with Crippen molar-refractivity contribution in [3.8, 4) is 22.9 Å². The van der Waals surface area contributed by atoms with Gasteiger partial charge in [-0.15, -0.1) is 0 Å². The summed E-state index contributed by atoms with van der Waals surface area (Å²) in [5, 5.41) is 16.0. The van der Waals surface area contributed by atoms with Crippen LogP contribution in [0.5, 0.6) is 5.75 Å². The number of hydrogen-bond donors (Lipinski definition) is 0. The van der Waals surface area contributed by atoms with Crippen molar-refractivity contribution in [3.05, 3.63) is 95.5 Å². The van der Waals surface area contributed by atoms with E-state index in [2.05, 4.69) is 16.2 Å². The molecule has 37 heavy (non-hydrogen) atoms. The van der Waals surface area contributed by atoms with Crippen LogP contribution in [0.3, 0.4) is 0 Å². The number of aryl methyl sites for hydroxylation is 1. The molecular formula is C27H19ClN4O4S. The zero-order valence-corrected chi connectivity index (χ0v) is 21.3. The average molecular weight is 531 g/mol. The van der Waals surface area contributed by atoms with Gasteiger partial charge in [0, 0.05) is 34.4 Å². The summed E-state index contributed by atoms with van der Waals surface area (Å²) in [4.78, 5) is 4.10. The molecule has 0 spiro atoms. The number of sulfonamides is 1. The fourth-order valence-corrected chi connectivity index (χ4v) is 5.63. The number of rotatable bonds is 6. The Labute approximate surface area is 218 Å². The van der Waals surface area contributed by atoms with Crippen molar-refractivity contribution in [1.82, 2.24) is 10.1 Å². The molecule has 0 aliphatic rings. The maximum atomic E-state index is 14.1. The molecule has 0 aliphatic heterocycles. The second-order valence-electron chi connectivity index (χ2n) is 8.16. The molecule has 10 heteroatoms. The van der Waals surface area contributed by atoms with Gasteiger partial charge in [0.1, 0.15) is 17.7 Å². The Morgan fingerprint density at radius 1 is 1.05 bits per heavy atom. The van der Waals surface area contributed by atoms with Crippen LogP contribution in [-0.4, -0.2) is 25.7 Å². The minimum absolute atomic E-state index is 0.00658. The van der Waals surface area contributed by atoms with Crippen LogP contribution >= 0.6 is 11.6 Å². The van der Waals surface area contributed by atoms with Gasteiger partial charge in [0.2, 0.25) is 0 Å². The maximum absolute atomic E-state index is 14.1. The lowest BCUT2D eigenvalue weighted by Crippen LogP contribution is -2.27. The molecule has 5 aromatic rings. The number of nitrogens with zero attached hydrogens (tertiary/aromatic N) is 4. The highest BCUT2D eigenvalue weighted by molar-refractivity contribution is 7.93. The topological polar surface area (TPSA) is 109 Å². The predicted molar refractivity (Wildman–Crippen MR) is 140 cm³/mol. The molecule has 0 fully saturated rings. The fraction of sp³-hybridized carbons (Fsp3) is 0.0741. The van der Waals surface area contributed by atoms with Gasteiger partial charge in [-0.05, 0) is 65.9 Å². The molecule has 5 rings (SSSR count). The lowest BCUT2D eigenvalue weighted by Gasteiger charge is -2.24. The van der Waals surface area contributed by atoms with Gasteiger partial charge < -0.3 is 9.26 Å². The van der Waals surface area contributed by atoms with Crippen LogP contribution < -0.4 is 9.04 Å². The highest BCUT2D eigenvalue weighted by Gasteiger charge is 2.32. The molecule has 0 saturated heterocycles. The van der Waals surface area contributed by atoms with Gasteiger partial charge in [-0.25, -0.2) is 12.7 Å². The number of methoxy groups -OCH3 is 1. The van der Waals surface area contributed by atoms with E-state index in [0.29, 0.717) is 16.0 Å². The SMILES string of the molecule is COc1cc(-c2ccc(Cl)c(C)c2)c(C#N)cc1N(c1ccon1)S(=O)(=O)c1ccc2cnccc2c1. The molecule has 0 bridgehead atoms. The highest BCUT2D eigenvalue weighted by atomic mass is 35.5. The largest absolute Gasteiger partial charge is 0.495 e. The van der Waals surface area contributed by atoms with Crippen LogP contribution in [-0.2, 0) is 10.0 Å². The van der Waals surface area contributed by atoms with Crippen molar-refractivity contribution in [2.75, 3.05) is 11.4 Å². The first-order valence-corrected chi connectivity index (χ1v) is 12.8. The number of benzene rings is 3. The third kappa shape index (κ3) is 4.37. The normalized spacial score (nSPS) is 11.3. The third-order valence-corrected chi connectivity index (χ3v) is 8.05. The van der Waals surface area contributed by atoms with E-state index in [1.165, 1.54) is 31.6 Å². The van der Waals surface area contributed by atoms with Crippen LogP contribution in [0.25, 0.3) is 21.9 Å². The molecule has 8 nitrogen and oxygen atoms in total. The monoisotopic (exact) mass is 530 g/mol. The molecule has 184 valence electrons. The summed E-state index contributed by atoms with van der Waals surface area (Å²) >= 11 is 6.19. The fourth-order valence-electron chi connectivity index (χ4n) is 4.05. The standard InChI is InChI=1S/C27H19ClN4O4S/c1-17-11-19(4-6-24(17)28)23-14-26(35-2)25(13-21(23)15-29)32(27-8-10-36-31-27)37(33,34)22-5-3-20-16-30-9-7-18(20)12-22/h3-14,16H,1-2H3. The minimum atomic E-state index is -4.23. The molecule has 0 aliphatic carbocycles. The van der Waals surface area contributed by atoms with Gasteiger partial charge in [-0.3, -0.25) is 4.98 Å². The Kier molecular flexibility index (Phi) is 6.29. The molecule has 0 saturated carbocycles. The summed E-state index contributed by atoms with van der Waals surface area (Å²) in [5.74, 6) is 0.227. The third-order valence-electron chi connectivity index (χ3n) is 5.91. The van der Waals surface area contributed by atoms with E-state index in [1.807, 2.05) is 13.0 Å². The van der Waals surface area contributed by atoms with E-state index < -0.39 is 10.0 Å². The molecule has 0 unspecified atom stereocenters. The molecule has 0 atom stereocenters. The van der Waals surface area contributed by atoms with E-state index in [0.717, 1.165) is 20.8 Å². The summed E-state index contributed by atoms with van der Waals surface area (Å²) in [6.45, 7) is 1.86. The molecular weight excluding hydrogens is 512 g/mol. The smallest absolute Gasteiger partial charge is 0.270 e. The Bertz CT molecular complexity index is 1780. The van der Waals surface area contributed by atoms with Gasteiger partial charge >= 0.3 is 0 Å². The molecule has 0 radical (unpaired) electrons. The zero-order chi connectivity index (χ0) is 26.2. The number of anilines is 2. The van der Waals surface area contributed by atoms with Crippen LogP contribution in [0.2, 0.25) is 5.02 Å². The second kappa shape index (κ2) is 9.58. The number of pyridine rings is 1.